The summed E-state index contributed by atoms with van der Waals surface area (Å²) in [4.78, 5) is 11.5. The third kappa shape index (κ3) is 2.32. The molecule has 0 fully saturated rings. The summed E-state index contributed by atoms with van der Waals surface area (Å²) >= 11 is 0. The molecule has 1 atom stereocenters. The van der Waals surface area contributed by atoms with Crippen LogP contribution in [0.15, 0.2) is 12.3 Å². The highest BCUT2D eigenvalue weighted by Gasteiger charge is 2.17. The van der Waals surface area contributed by atoms with E-state index in [2.05, 4.69) is 10.4 Å². The summed E-state index contributed by atoms with van der Waals surface area (Å²) in [6, 6.07) is 1.25. The molecule has 1 heterocycles. The Kier molecular flexibility index (Phi) is 3.24. The van der Waals surface area contributed by atoms with Gasteiger partial charge < -0.3 is 11.1 Å². The molecule has 0 aromatic carbocycles. The number of aryl methyl sites for hydroxylation is 1. The van der Waals surface area contributed by atoms with Crippen LogP contribution in [0.25, 0.3) is 0 Å². The van der Waals surface area contributed by atoms with Crippen LogP contribution in [0.5, 0.6) is 0 Å². The number of carbonyl (C=O) groups excluding carboxylic acids is 1. The van der Waals surface area contributed by atoms with E-state index in [4.69, 9.17) is 5.73 Å². The Labute approximate surface area is 83.3 Å². The summed E-state index contributed by atoms with van der Waals surface area (Å²) in [6.07, 6.45) is 1.62. The van der Waals surface area contributed by atoms with Gasteiger partial charge in [0, 0.05) is 13.1 Å². The van der Waals surface area contributed by atoms with Crippen molar-refractivity contribution >= 4 is 11.7 Å². The lowest BCUT2D eigenvalue weighted by atomic mass is 10.1. The molecule has 0 spiro atoms. The summed E-state index contributed by atoms with van der Waals surface area (Å²) in [5.74, 6) is 0.609. The van der Waals surface area contributed by atoms with Crippen molar-refractivity contribution in [1.29, 1.82) is 0 Å². The lowest BCUT2D eigenvalue weighted by Gasteiger charge is -2.14. The number of amides is 1. The van der Waals surface area contributed by atoms with Crippen LogP contribution in [0.2, 0.25) is 0 Å². The van der Waals surface area contributed by atoms with Gasteiger partial charge in [-0.3, -0.25) is 9.48 Å². The van der Waals surface area contributed by atoms with Crippen LogP contribution in [0.3, 0.4) is 0 Å². The van der Waals surface area contributed by atoms with Gasteiger partial charge in [0.15, 0.2) is 0 Å². The smallest absolute Gasteiger partial charge is 0.242 e. The molecular weight excluding hydrogens is 180 g/mol. The maximum atomic E-state index is 11.5. The molecule has 0 aliphatic heterocycles. The van der Waals surface area contributed by atoms with Gasteiger partial charge in [0.25, 0.3) is 0 Å². The zero-order valence-corrected chi connectivity index (χ0v) is 8.69. The molecule has 78 valence electrons. The SMILES string of the molecule is CC(C)[C@@H](N)C(=O)Nc1ccnn1C. The highest BCUT2D eigenvalue weighted by atomic mass is 16.2. The fraction of sp³-hybridized carbons (Fsp3) is 0.556. The van der Waals surface area contributed by atoms with Crippen LogP contribution in [0, 0.1) is 5.92 Å². The number of nitrogens with one attached hydrogen (secondary N) is 1. The molecule has 0 aliphatic rings. The Hall–Kier alpha value is -1.36. The highest BCUT2D eigenvalue weighted by molar-refractivity contribution is 5.94. The third-order valence-electron chi connectivity index (χ3n) is 2.09. The number of hydrogen-bond acceptors (Lipinski definition) is 3. The molecule has 0 unspecified atom stereocenters. The second-order valence-corrected chi connectivity index (χ2v) is 3.60. The second kappa shape index (κ2) is 4.23. The van der Waals surface area contributed by atoms with E-state index in [0.717, 1.165) is 0 Å². The van der Waals surface area contributed by atoms with Gasteiger partial charge in [0.2, 0.25) is 5.91 Å². The molecule has 14 heavy (non-hydrogen) atoms. The Balaban J connectivity index is 2.62. The van der Waals surface area contributed by atoms with E-state index in [1.807, 2.05) is 13.8 Å². The number of aromatic nitrogens is 2. The normalized spacial score (nSPS) is 12.9. The fourth-order valence-electron chi connectivity index (χ4n) is 1.01. The van der Waals surface area contributed by atoms with E-state index in [9.17, 15) is 4.79 Å². The van der Waals surface area contributed by atoms with Gasteiger partial charge in [-0.15, -0.1) is 0 Å². The Morgan fingerprint density at radius 2 is 2.29 bits per heavy atom. The molecular formula is C9H16N4O. The van der Waals surface area contributed by atoms with E-state index < -0.39 is 6.04 Å². The van der Waals surface area contributed by atoms with Crippen LogP contribution >= 0.6 is 0 Å². The van der Waals surface area contributed by atoms with Crippen molar-refractivity contribution in [2.24, 2.45) is 18.7 Å². The molecule has 1 rings (SSSR count). The minimum absolute atomic E-state index is 0.128. The number of anilines is 1. The van der Waals surface area contributed by atoms with Gasteiger partial charge in [0.1, 0.15) is 5.82 Å². The summed E-state index contributed by atoms with van der Waals surface area (Å²) < 4.78 is 1.59. The van der Waals surface area contributed by atoms with Crippen molar-refractivity contribution < 1.29 is 4.79 Å². The first-order valence-corrected chi connectivity index (χ1v) is 4.57. The number of nitrogens with two attached hydrogens (primary N) is 1. The van der Waals surface area contributed by atoms with Crippen molar-refractivity contribution in [2.75, 3.05) is 5.32 Å². The molecule has 5 heteroatoms. The quantitative estimate of drug-likeness (QED) is 0.732. The molecule has 1 aromatic rings. The first kappa shape index (κ1) is 10.7. The topological polar surface area (TPSA) is 72.9 Å². The van der Waals surface area contributed by atoms with Crippen LogP contribution in [-0.4, -0.2) is 21.7 Å². The molecule has 1 amide bonds. The Morgan fingerprint density at radius 3 is 2.71 bits per heavy atom. The zero-order chi connectivity index (χ0) is 10.7. The zero-order valence-electron chi connectivity index (χ0n) is 8.69. The summed E-state index contributed by atoms with van der Waals surface area (Å²) in [6.45, 7) is 3.82. The number of nitrogens with zero attached hydrogens (tertiary/aromatic N) is 2. The van der Waals surface area contributed by atoms with Crippen molar-refractivity contribution in [3.63, 3.8) is 0 Å². The predicted molar refractivity (Wildman–Crippen MR) is 54.7 cm³/mol. The largest absolute Gasteiger partial charge is 0.320 e. The first-order chi connectivity index (χ1) is 6.52. The van der Waals surface area contributed by atoms with Gasteiger partial charge in [-0.1, -0.05) is 13.8 Å². The predicted octanol–water partition coefficient (Wildman–Crippen LogP) is 0.342. The minimum atomic E-state index is -0.482. The van der Waals surface area contributed by atoms with E-state index in [0.29, 0.717) is 5.82 Å². The van der Waals surface area contributed by atoms with Crippen molar-refractivity contribution in [3.05, 3.63) is 12.3 Å². The van der Waals surface area contributed by atoms with E-state index in [-0.39, 0.29) is 11.8 Å². The average molecular weight is 196 g/mol. The maximum Gasteiger partial charge on any atom is 0.242 e. The van der Waals surface area contributed by atoms with Gasteiger partial charge in [-0.25, -0.2) is 0 Å². The lowest BCUT2D eigenvalue weighted by molar-refractivity contribution is -0.118. The molecule has 0 bridgehead atoms. The average Bonchev–Trinajstić information content (AvgIpc) is 2.50. The molecule has 0 radical (unpaired) electrons. The summed E-state index contributed by atoms with van der Waals surface area (Å²) in [5.41, 5.74) is 5.68. The van der Waals surface area contributed by atoms with Crippen LogP contribution in [-0.2, 0) is 11.8 Å². The summed E-state index contributed by atoms with van der Waals surface area (Å²) in [7, 11) is 1.76. The molecule has 3 N–H and O–H groups in total. The fourth-order valence-corrected chi connectivity index (χ4v) is 1.01. The highest BCUT2D eigenvalue weighted by Crippen LogP contribution is 2.06. The van der Waals surface area contributed by atoms with Gasteiger partial charge >= 0.3 is 0 Å². The first-order valence-electron chi connectivity index (χ1n) is 4.57. The van der Waals surface area contributed by atoms with E-state index >= 15 is 0 Å². The van der Waals surface area contributed by atoms with Crippen LogP contribution in [0.1, 0.15) is 13.8 Å². The second-order valence-electron chi connectivity index (χ2n) is 3.60. The van der Waals surface area contributed by atoms with Gasteiger partial charge in [-0.2, -0.15) is 5.10 Å². The summed E-state index contributed by atoms with van der Waals surface area (Å²) in [5, 5.41) is 6.64. The third-order valence-corrected chi connectivity index (χ3v) is 2.09. The van der Waals surface area contributed by atoms with Gasteiger partial charge in [0.05, 0.1) is 12.2 Å². The van der Waals surface area contributed by atoms with Gasteiger partial charge in [-0.05, 0) is 5.92 Å². The monoisotopic (exact) mass is 196 g/mol. The van der Waals surface area contributed by atoms with Crippen molar-refractivity contribution in [1.82, 2.24) is 9.78 Å². The Morgan fingerprint density at radius 1 is 1.64 bits per heavy atom. The minimum Gasteiger partial charge on any atom is -0.320 e. The Bertz CT molecular complexity index is 318. The van der Waals surface area contributed by atoms with Crippen molar-refractivity contribution in [2.45, 2.75) is 19.9 Å². The number of carbonyl (C=O) groups is 1. The molecule has 1 aromatic heterocycles. The van der Waals surface area contributed by atoms with E-state index in [1.165, 1.54) is 0 Å². The van der Waals surface area contributed by atoms with Crippen LogP contribution in [0.4, 0.5) is 5.82 Å². The number of rotatable bonds is 3. The molecule has 0 saturated heterocycles. The standard InChI is InChI=1S/C9H16N4O/c1-6(2)8(10)9(14)12-7-4-5-11-13(7)3/h4-6,8H,10H2,1-3H3,(H,12,14)/t8-/m1/s1. The number of hydrogen-bond donors (Lipinski definition) is 2. The molecule has 0 saturated carbocycles. The maximum absolute atomic E-state index is 11.5. The van der Waals surface area contributed by atoms with Crippen LogP contribution < -0.4 is 11.1 Å². The lowest BCUT2D eigenvalue weighted by Crippen LogP contribution is -2.40. The molecule has 5 nitrogen and oxygen atoms in total. The van der Waals surface area contributed by atoms with E-state index in [1.54, 1.807) is 24.0 Å². The molecule has 0 aliphatic carbocycles. The van der Waals surface area contributed by atoms with Crippen molar-refractivity contribution in [3.8, 4) is 0 Å².